The second kappa shape index (κ2) is 9.74. The molecule has 5 rings (SSSR count). The fraction of sp³-hybridized carbons (Fsp3) is 0.156. The van der Waals surface area contributed by atoms with Crippen LogP contribution < -0.4 is 0 Å². The third-order valence-electron chi connectivity index (χ3n) is 6.08. The van der Waals surface area contributed by atoms with Gasteiger partial charge in [0.1, 0.15) is 0 Å². The summed E-state index contributed by atoms with van der Waals surface area (Å²) < 4.78 is 2.07. The van der Waals surface area contributed by atoms with E-state index in [2.05, 4.69) is 84.1 Å². The quantitative estimate of drug-likeness (QED) is 0.237. The predicted molar refractivity (Wildman–Crippen MR) is 146 cm³/mol. The SMILES string of the molecule is CC(C)(C)CC(=O)c1ccc(-c2nnc(-c3ccc(-c4ccccc4)cc3)n2-c2ccccc2)cc1. The fourth-order valence-corrected chi connectivity index (χ4v) is 4.31. The number of Topliss-reactive ketones (excluding diaryl/α,β-unsaturated/α-hetero) is 1. The molecule has 0 aliphatic carbocycles. The average molecular weight is 472 g/mol. The lowest BCUT2D eigenvalue weighted by atomic mass is 9.88. The van der Waals surface area contributed by atoms with E-state index in [1.165, 1.54) is 5.56 Å². The Bertz CT molecular complexity index is 1460. The fourth-order valence-electron chi connectivity index (χ4n) is 4.31. The lowest BCUT2D eigenvalue weighted by molar-refractivity contribution is 0.0940. The van der Waals surface area contributed by atoms with E-state index in [1.807, 2.05) is 60.7 Å². The molecule has 4 heteroatoms. The van der Waals surface area contributed by atoms with E-state index >= 15 is 0 Å². The van der Waals surface area contributed by atoms with Gasteiger partial charge in [-0.25, -0.2) is 0 Å². The molecule has 0 saturated carbocycles. The molecule has 5 aromatic rings. The highest BCUT2D eigenvalue weighted by Crippen LogP contribution is 2.31. The molecule has 0 aliphatic heterocycles. The highest BCUT2D eigenvalue weighted by molar-refractivity contribution is 5.96. The number of rotatable bonds is 6. The number of carbonyl (C=O) groups excluding carboxylic acids is 1. The van der Waals surface area contributed by atoms with E-state index in [0.29, 0.717) is 6.42 Å². The lowest BCUT2D eigenvalue weighted by Gasteiger charge is -2.16. The summed E-state index contributed by atoms with van der Waals surface area (Å²) in [6.45, 7) is 6.24. The standard InChI is InChI=1S/C32H29N3O/c1-32(2,3)22-29(36)25-16-20-27(21-17-25)31-34-33-30(35(31)28-12-8-5-9-13-28)26-18-14-24(15-19-26)23-10-6-4-7-11-23/h4-21H,22H2,1-3H3. The molecule has 0 saturated heterocycles. The van der Waals surface area contributed by atoms with E-state index in [0.717, 1.165) is 39.6 Å². The first-order valence-electron chi connectivity index (χ1n) is 12.2. The average Bonchev–Trinajstić information content (AvgIpc) is 3.34. The van der Waals surface area contributed by atoms with Crippen molar-refractivity contribution in [1.29, 1.82) is 0 Å². The molecule has 0 radical (unpaired) electrons. The van der Waals surface area contributed by atoms with E-state index in [1.54, 1.807) is 0 Å². The number of hydrogen-bond acceptors (Lipinski definition) is 3. The van der Waals surface area contributed by atoms with Gasteiger partial charge >= 0.3 is 0 Å². The van der Waals surface area contributed by atoms with Crippen molar-refractivity contribution in [2.45, 2.75) is 27.2 Å². The molecule has 178 valence electrons. The molecule has 0 spiro atoms. The van der Waals surface area contributed by atoms with E-state index < -0.39 is 0 Å². The van der Waals surface area contributed by atoms with Crippen molar-refractivity contribution in [3.8, 4) is 39.6 Å². The zero-order chi connectivity index (χ0) is 25.1. The smallest absolute Gasteiger partial charge is 0.168 e. The Hall–Kier alpha value is -4.31. The molecule has 0 unspecified atom stereocenters. The minimum Gasteiger partial charge on any atom is -0.294 e. The maximum absolute atomic E-state index is 12.7. The molecule has 0 N–H and O–H groups in total. The van der Waals surface area contributed by atoms with Crippen molar-refractivity contribution in [1.82, 2.24) is 14.8 Å². The molecule has 1 aromatic heterocycles. The van der Waals surface area contributed by atoms with E-state index in [9.17, 15) is 4.79 Å². The second-order valence-corrected chi connectivity index (χ2v) is 10.2. The van der Waals surface area contributed by atoms with Gasteiger partial charge in [-0.15, -0.1) is 10.2 Å². The molecule has 0 atom stereocenters. The zero-order valence-electron chi connectivity index (χ0n) is 20.8. The Morgan fingerprint density at radius 2 is 1.06 bits per heavy atom. The van der Waals surface area contributed by atoms with Crippen LogP contribution in [0.3, 0.4) is 0 Å². The normalized spacial score (nSPS) is 11.4. The zero-order valence-corrected chi connectivity index (χ0v) is 20.8. The summed E-state index contributed by atoms with van der Waals surface area (Å²) in [6, 6.07) is 36.6. The van der Waals surface area contributed by atoms with Crippen LogP contribution in [0.25, 0.3) is 39.6 Å². The van der Waals surface area contributed by atoms with Crippen molar-refractivity contribution in [2.24, 2.45) is 5.41 Å². The van der Waals surface area contributed by atoms with Gasteiger partial charge in [0.2, 0.25) is 0 Å². The van der Waals surface area contributed by atoms with Gasteiger partial charge in [0, 0.05) is 28.8 Å². The van der Waals surface area contributed by atoms with E-state index in [-0.39, 0.29) is 11.2 Å². The first-order chi connectivity index (χ1) is 17.4. The Labute approximate surface area is 212 Å². The monoisotopic (exact) mass is 471 g/mol. The van der Waals surface area contributed by atoms with E-state index in [4.69, 9.17) is 0 Å². The van der Waals surface area contributed by atoms with Crippen molar-refractivity contribution in [2.75, 3.05) is 0 Å². The molecule has 1 heterocycles. The van der Waals surface area contributed by atoms with Gasteiger partial charge < -0.3 is 0 Å². The van der Waals surface area contributed by atoms with Crippen LogP contribution in [-0.2, 0) is 0 Å². The molecule has 0 bridgehead atoms. The highest BCUT2D eigenvalue weighted by atomic mass is 16.1. The van der Waals surface area contributed by atoms with Crippen LogP contribution in [-0.4, -0.2) is 20.5 Å². The summed E-state index contributed by atoms with van der Waals surface area (Å²) in [5.41, 5.74) is 5.87. The second-order valence-electron chi connectivity index (χ2n) is 10.2. The van der Waals surface area contributed by atoms with Gasteiger partial charge in [0.05, 0.1) is 0 Å². The molecule has 0 fully saturated rings. The van der Waals surface area contributed by atoms with Crippen LogP contribution in [0.1, 0.15) is 37.6 Å². The Kier molecular flexibility index (Phi) is 6.34. The molecule has 0 aliphatic rings. The van der Waals surface area contributed by atoms with Crippen LogP contribution in [0.5, 0.6) is 0 Å². The third kappa shape index (κ3) is 5.03. The number of carbonyl (C=O) groups is 1. The largest absolute Gasteiger partial charge is 0.294 e. The lowest BCUT2D eigenvalue weighted by Crippen LogP contribution is -2.13. The number of benzene rings is 4. The Balaban J connectivity index is 1.53. The van der Waals surface area contributed by atoms with Crippen LogP contribution in [0.15, 0.2) is 109 Å². The summed E-state index contributed by atoms with van der Waals surface area (Å²) in [4.78, 5) is 12.7. The summed E-state index contributed by atoms with van der Waals surface area (Å²) in [5, 5.41) is 9.18. The highest BCUT2D eigenvalue weighted by Gasteiger charge is 2.20. The molecular weight excluding hydrogens is 442 g/mol. The molecule has 0 amide bonds. The van der Waals surface area contributed by atoms with Gasteiger partial charge in [-0.3, -0.25) is 9.36 Å². The third-order valence-corrected chi connectivity index (χ3v) is 6.08. The summed E-state index contributed by atoms with van der Waals surface area (Å²) >= 11 is 0. The number of aromatic nitrogens is 3. The summed E-state index contributed by atoms with van der Waals surface area (Å²) in [5.74, 6) is 1.65. The Morgan fingerprint density at radius 1 is 0.611 bits per heavy atom. The van der Waals surface area contributed by atoms with Gasteiger partial charge in [0.15, 0.2) is 17.4 Å². The van der Waals surface area contributed by atoms with Gasteiger partial charge in [0.25, 0.3) is 0 Å². The summed E-state index contributed by atoms with van der Waals surface area (Å²) in [7, 11) is 0. The molecule has 4 aromatic carbocycles. The maximum Gasteiger partial charge on any atom is 0.168 e. The van der Waals surface area contributed by atoms with Crippen LogP contribution in [0, 0.1) is 5.41 Å². The number of nitrogens with zero attached hydrogens (tertiary/aromatic N) is 3. The molecule has 36 heavy (non-hydrogen) atoms. The minimum atomic E-state index is -0.0474. The van der Waals surface area contributed by atoms with Gasteiger partial charge in [-0.05, 0) is 28.7 Å². The predicted octanol–water partition coefficient (Wildman–Crippen LogP) is 7.89. The Morgan fingerprint density at radius 3 is 1.58 bits per heavy atom. The topological polar surface area (TPSA) is 47.8 Å². The first kappa shape index (κ1) is 23.4. The summed E-state index contributed by atoms with van der Waals surface area (Å²) in [6.07, 6.45) is 0.510. The van der Waals surface area contributed by atoms with Crippen molar-refractivity contribution in [3.63, 3.8) is 0 Å². The van der Waals surface area contributed by atoms with Crippen LogP contribution in [0.2, 0.25) is 0 Å². The van der Waals surface area contributed by atoms with Gasteiger partial charge in [-0.1, -0.05) is 118 Å². The van der Waals surface area contributed by atoms with Crippen molar-refractivity contribution in [3.05, 3.63) is 115 Å². The maximum atomic E-state index is 12.7. The number of ketones is 1. The number of para-hydroxylation sites is 1. The molecule has 4 nitrogen and oxygen atoms in total. The minimum absolute atomic E-state index is 0.0474. The van der Waals surface area contributed by atoms with Gasteiger partial charge in [-0.2, -0.15) is 0 Å². The first-order valence-corrected chi connectivity index (χ1v) is 12.2. The van der Waals surface area contributed by atoms with Crippen LogP contribution in [0.4, 0.5) is 0 Å². The number of hydrogen-bond donors (Lipinski definition) is 0. The molecular formula is C32H29N3O. The van der Waals surface area contributed by atoms with Crippen LogP contribution >= 0.6 is 0 Å². The van der Waals surface area contributed by atoms with Crippen molar-refractivity contribution < 1.29 is 4.79 Å². The van der Waals surface area contributed by atoms with Crippen molar-refractivity contribution >= 4 is 5.78 Å².